The van der Waals surface area contributed by atoms with Crippen molar-refractivity contribution in [3.05, 3.63) is 65.9 Å². The average Bonchev–Trinajstić information content (AvgIpc) is 3.60. The summed E-state index contributed by atoms with van der Waals surface area (Å²) >= 11 is 0. The summed E-state index contributed by atoms with van der Waals surface area (Å²) in [4.78, 5) is 40.9. The van der Waals surface area contributed by atoms with Gasteiger partial charge in [-0.3, -0.25) is 14.5 Å². The number of fused-ring (bicyclic) bond motifs is 1. The Morgan fingerprint density at radius 1 is 1.11 bits per heavy atom. The summed E-state index contributed by atoms with van der Waals surface area (Å²) in [6.07, 6.45) is 2.56. The van der Waals surface area contributed by atoms with E-state index in [0.29, 0.717) is 17.5 Å². The Balaban J connectivity index is 1.28. The number of carboxylic acids is 1. The molecule has 2 amide bonds. The van der Waals surface area contributed by atoms with Crippen LogP contribution in [0.2, 0.25) is 0 Å². The van der Waals surface area contributed by atoms with Crippen molar-refractivity contribution in [2.75, 3.05) is 26.2 Å². The van der Waals surface area contributed by atoms with Crippen molar-refractivity contribution in [3.63, 3.8) is 0 Å². The van der Waals surface area contributed by atoms with Gasteiger partial charge in [0.25, 0.3) is 5.91 Å². The molecule has 1 aliphatic heterocycles. The molecule has 12 heteroatoms. The van der Waals surface area contributed by atoms with Gasteiger partial charge in [-0.15, -0.1) is 0 Å². The first kappa shape index (κ1) is 26.5. The predicted molar refractivity (Wildman–Crippen MR) is 141 cm³/mol. The van der Waals surface area contributed by atoms with Gasteiger partial charge in [-0.25, -0.2) is 9.59 Å². The van der Waals surface area contributed by atoms with Crippen molar-refractivity contribution >= 4 is 34.8 Å². The largest absolute Gasteiger partial charge is 0.480 e. The minimum absolute atomic E-state index is 0.000368. The van der Waals surface area contributed by atoms with E-state index in [1.165, 1.54) is 0 Å². The Kier molecular flexibility index (Phi) is 9.11. The minimum Gasteiger partial charge on any atom is -0.480 e. The van der Waals surface area contributed by atoms with E-state index in [0.717, 1.165) is 49.5 Å². The lowest BCUT2D eigenvalue weighted by molar-refractivity contribution is -0.139. The summed E-state index contributed by atoms with van der Waals surface area (Å²) in [6.45, 7) is 2.84. The van der Waals surface area contributed by atoms with Gasteiger partial charge in [-0.05, 0) is 30.5 Å². The number of guanidine groups is 1. The predicted octanol–water partition coefficient (Wildman–Crippen LogP) is 1.47. The molecular formula is C26H31N7O5. The van der Waals surface area contributed by atoms with Gasteiger partial charge in [0.05, 0.1) is 23.8 Å². The number of aliphatic carboxylic acids is 1. The third kappa shape index (κ3) is 7.21. The van der Waals surface area contributed by atoms with Gasteiger partial charge in [0.15, 0.2) is 5.96 Å². The molecule has 38 heavy (non-hydrogen) atoms. The highest BCUT2D eigenvalue weighted by atomic mass is 16.5. The van der Waals surface area contributed by atoms with Gasteiger partial charge in [-0.1, -0.05) is 36.4 Å². The molecule has 2 aromatic carbocycles. The number of hydrogen-bond donors (Lipinski definition) is 5. The Morgan fingerprint density at radius 2 is 1.95 bits per heavy atom. The van der Waals surface area contributed by atoms with Crippen LogP contribution in [0.5, 0.6) is 0 Å². The number of carbonyl (C=O) groups is 3. The molecule has 0 fully saturated rings. The molecule has 4 rings (SSSR count). The van der Waals surface area contributed by atoms with Crippen LogP contribution in [0.1, 0.15) is 28.8 Å². The smallest absolute Gasteiger partial charge is 0.408 e. The molecule has 0 bridgehead atoms. The first-order valence-electron chi connectivity index (χ1n) is 12.5. The number of hydrogen-bond acceptors (Lipinski definition) is 8. The number of nitrogens with zero attached hydrogens (tertiary/aromatic N) is 3. The molecule has 0 aliphatic carbocycles. The fraction of sp³-hybridized carbons (Fsp3) is 0.346. The van der Waals surface area contributed by atoms with Crippen molar-refractivity contribution < 1.29 is 24.2 Å². The van der Waals surface area contributed by atoms with E-state index >= 15 is 0 Å². The molecule has 0 saturated heterocycles. The summed E-state index contributed by atoms with van der Waals surface area (Å²) in [7, 11) is 0. The highest BCUT2D eigenvalue weighted by Crippen LogP contribution is 2.19. The topological polar surface area (TPSA) is 159 Å². The number of carboxylic acid groups (broad SMARTS) is 1. The first-order valence-corrected chi connectivity index (χ1v) is 12.5. The number of aromatic nitrogens is 2. The van der Waals surface area contributed by atoms with Crippen molar-refractivity contribution in [2.45, 2.75) is 32.0 Å². The second-order valence-electron chi connectivity index (χ2n) is 8.70. The zero-order valence-corrected chi connectivity index (χ0v) is 20.9. The van der Waals surface area contributed by atoms with E-state index in [2.05, 4.69) is 31.4 Å². The number of alkyl carbamates (subject to hydrolysis) is 1. The molecule has 0 unspecified atom stereocenters. The van der Waals surface area contributed by atoms with E-state index in [1.54, 1.807) is 42.6 Å². The minimum atomic E-state index is -1.36. The SMILES string of the molecule is O=C(N[C@@H](CNC(=O)c1cccc2c1cnn2CCCCNC1=NCCN1)C(=O)O)OCc1ccccc1. The Morgan fingerprint density at radius 3 is 2.71 bits per heavy atom. The maximum atomic E-state index is 12.9. The van der Waals surface area contributed by atoms with Crippen LogP contribution in [0.25, 0.3) is 10.9 Å². The number of amides is 2. The number of unbranched alkanes of at least 4 members (excludes halogenated alkanes) is 1. The van der Waals surface area contributed by atoms with E-state index in [9.17, 15) is 19.5 Å². The third-order valence-corrected chi connectivity index (χ3v) is 5.97. The van der Waals surface area contributed by atoms with Crippen molar-refractivity contribution in [1.29, 1.82) is 0 Å². The zero-order valence-electron chi connectivity index (χ0n) is 20.9. The first-order chi connectivity index (χ1) is 18.5. The maximum Gasteiger partial charge on any atom is 0.408 e. The fourth-order valence-electron chi connectivity index (χ4n) is 3.99. The van der Waals surface area contributed by atoms with Crippen molar-refractivity contribution in [3.8, 4) is 0 Å². The molecule has 1 atom stereocenters. The molecule has 1 aliphatic rings. The summed E-state index contributed by atoms with van der Waals surface area (Å²) in [5, 5.41) is 25.9. The fourth-order valence-corrected chi connectivity index (χ4v) is 3.99. The third-order valence-electron chi connectivity index (χ3n) is 5.97. The standard InChI is InChI=1S/C26H31N7O5/c34-23(30-16-21(24(35)36)32-26(37)38-17-18-7-2-1-3-8-18)19-9-6-10-22-20(19)15-31-33(22)14-5-4-11-27-25-28-12-13-29-25/h1-3,6-10,15,21H,4-5,11-14,16-17H2,(H,30,34)(H,32,37)(H,35,36)(H2,27,28,29)/t21-/m0/s1. The van der Waals surface area contributed by atoms with Crippen molar-refractivity contribution in [1.82, 2.24) is 31.0 Å². The second kappa shape index (κ2) is 13.1. The van der Waals surface area contributed by atoms with Crippen LogP contribution in [-0.4, -0.2) is 71.0 Å². The van der Waals surface area contributed by atoms with E-state index < -0.39 is 24.0 Å². The Bertz CT molecular complexity index is 1290. The molecule has 5 N–H and O–H groups in total. The summed E-state index contributed by atoms with van der Waals surface area (Å²) in [5.74, 6) is -0.914. The lowest BCUT2D eigenvalue weighted by atomic mass is 10.1. The average molecular weight is 522 g/mol. The van der Waals surface area contributed by atoms with Gasteiger partial charge in [0.1, 0.15) is 12.6 Å². The number of carbonyl (C=O) groups excluding carboxylic acids is 2. The highest BCUT2D eigenvalue weighted by Gasteiger charge is 2.22. The molecule has 12 nitrogen and oxygen atoms in total. The molecule has 1 aromatic heterocycles. The number of ether oxygens (including phenoxy) is 1. The van der Waals surface area contributed by atoms with E-state index in [4.69, 9.17) is 4.74 Å². The van der Waals surface area contributed by atoms with E-state index in [1.807, 2.05) is 16.8 Å². The van der Waals surface area contributed by atoms with Crippen LogP contribution >= 0.6 is 0 Å². The number of aliphatic imine (C=N–C) groups is 1. The summed E-state index contributed by atoms with van der Waals surface area (Å²) in [6, 6.07) is 13.0. The molecule has 3 aromatic rings. The molecule has 0 spiro atoms. The lowest BCUT2D eigenvalue weighted by Crippen LogP contribution is -2.48. The number of benzene rings is 2. The van der Waals surface area contributed by atoms with Crippen LogP contribution in [0, 0.1) is 0 Å². The normalized spacial score (nSPS) is 13.3. The van der Waals surface area contributed by atoms with Crippen LogP contribution in [0.4, 0.5) is 4.79 Å². The monoisotopic (exact) mass is 521 g/mol. The quantitative estimate of drug-likeness (QED) is 0.224. The highest BCUT2D eigenvalue weighted by molar-refractivity contribution is 6.06. The second-order valence-corrected chi connectivity index (χ2v) is 8.70. The van der Waals surface area contributed by atoms with Gasteiger partial charge in [0.2, 0.25) is 0 Å². The number of rotatable bonds is 12. The summed E-state index contributed by atoms with van der Waals surface area (Å²) < 4.78 is 6.93. The van der Waals surface area contributed by atoms with Crippen LogP contribution < -0.4 is 21.3 Å². The van der Waals surface area contributed by atoms with E-state index in [-0.39, 0.29) is 13.2 Å². The lowest BCUT2D eigenvalue weighted by Gasteiger charge is -2.15. The Labute approximate surface area is 219 Å². The zero-order chi connectivity index (χ0) is 26.7. The summed E-state index contributed by atoms with van der Waals surface area (Å²) in [5.41, 5.74) is 1.95. The molecule has 0 saturated carbocycles. The Hall–Kier alpha value is -4.61. The molecule has 200 valence electrons. The molecule has 2 heterocycles. The van der Waals surface area contributed by atoms with Gasteiger partial charge >= 0.3 is 12.1 Å². The van der Waals surface area contributed by atoms with Crippen LogP contribution in [-0.2, 0) is 22.7 Å². The molecule has 0 radical (unpaired) electrons. The molecular weight excluding hydrogens is 490 g/mol. The maximum absolute atomic E-state index is 12.9. The van der Waals surface area contributed by atoms with Gasteiger partial charge in [-0.2, -0.15) is 5.10 Å². The van der Waals surface area contributed by atoms with Crippen LogP contribution in [0.15, 0.2) is 59.7 Å². The number of aryl methyl sites for hydroxylation is 1. The van der Waals surface area contributed by atoms with Gasteiger partial charge in [0, 0.05) is 31.6 Å². The van der Waals surface area contributed by atoms with Gasteiger partial charge < -0.3 is 31.1 Å². The van der Waals surface area contributed by atoms with Crippen LogP contribution in [0.3, 0.4) is 0 Å². The number of nitrogens with one attached hydrogen (secondary N) is 4. The van der Waals surface area contributed by atoms with Crippen molar-refractivity contribution in [2.24, 2.45) is 4.99 Å².